The Hall–Kier alpha value is -6.25. The van der Waals surface area contributed by atoms with Crippen molar-refractivity contribution in [3.63, 3.8) is 0 Å². The lowest BCUT2D eigenvalue weighted by atomic mass is 10.0. The number of nitrogens with zero attached hydrogens (tertiary/aromatic N) is 6. The molecule has 1 saturated carbocycles. The van der Waals surface area contributed by atoms with Crippen LogP contribution in [0, 0.1) is 0 Å². The Morgan fingerprint density at radius 2 is 1.00 bits per heavy atom. The van der Waals surface area contributed by atoms with E-state index in [0.29, 0.717) is 24.8 Å². The zero-order chi connectivity index (χ0) is 35.1. The summed E-state index contributed by atoms with van der Waals surface area (Å²) in [6.45, 7) is 1.20. The third kappa shape index (κ3) is 7.57. The SMILES string of the molecule is Clc1nc(NCc2ccccn2)c2c(-c3ccccc3)cccc2n1.c1ccc(-c2cccc3nc(C4CC4)nc(NCc4ccccn4)c23)cc1. The van der Waals surface area contributed by atoms with Crippen molar-refractivity contribution in [2.45, 2.75) is 31.8 Å². The van der Waals surface area contributed by atoms with E-state index in [1.165, 1.54) is 18.4 Å². The second-order valence-corrected chi connectivity index (χ2v) is 12.9. The minimum absolute atomic E-state index is 0.223. The first kappa shape index (κ1) is 32.9. The molecule has 9 rings (SSSR count). The summed E-state index contributed by atoms with van der Waals surface area (Å²) >= 11 is 6.13. The van der Waals surface area contributed by atoms with Gasteiger partial charge < -0.3 is 10.6 Å². The predicted octanol–water partition coefficient (Wildman–Crippen LogP) is 10.1. The summed E-state index contributed by atoms with van der Waals surface area (Å²) in [6, 6.07) is 44.7. The highest BCUT2D eigenvalue weighted by molar-refractivity contribution is 6.29. The molecule has 4 heterocycles. The Kier molecular flexibility index (Phi) is 9.71. The van der Waals surface area contributed by atoms with Crippen molar-refractivity contribution in [2.75, 3.05) is 10.6 Å². The molecule has 0 aliphatic heterocycles. The maximum absolute atomic E-state index is 6.13. The first-order valence-corrected chi connectivity index (χ1v) is 17.7. The molecule has 0 spiro atoms. The number of rotatable bonds is 9. The van der Waals surface area contributed by atoms with Crippen molar-refractivity contribution in [2.24, 2.45) is 0 Å². The van der Waals surface area contributed by atoms with Gasteiger partial charge in [0.05, 0.1) is 46.3 Å². The number of hydrogen-bond donors (Lipinski definition) is 2. The molecule has 9 heteroatoms. The van der Waals surface area contributed by atoms with E-state index < -0.39 is 0 Å². The van der Waals surface area contributed by atoms with Gasteiger partial charge in [-0.25, -0.2) is 19.9 Å². The Balaban J connectivity index is 0.000000149. The molecule has 0 radical (unpaired) electrons. The molecule has 52 heavy (non-hydrogen) atoms. The molecule has 0 saturated heterocycles. The molecule has 0 amide bonds. The van der Waals surface area contributed by atoms with E-state index in [1.54, 1.807) is 6.20 Å². The van der Waals surface area contributed by atoms with E-state index in [-0.39, 0.29) is 5.28 Å². The van der Waals surface area contributed by atoms with E-state index in [0.717, 1.165) is 61.5 Å². The van der Waals surface area contributed by atoms with Gasteiger partial charge in [-0.2, -0.15) is 0 Å². The van der Waals surface area contributed by atoms with E-state index >= 15 is 0 Å². The third-order valence-corrected chi connectivity index (χ3v) is 9.04. The van der Waals surface area contributed by atoms with Crippen molar-refractivity contribution >= 4 is 45.0 Å². The van der Waals surface area contributed by atoms with Gasteiger partial charge in [-0.05, 0) is 83.1 Å². The Morgan fingerprint density at radius 3 is 1.50 bits per heavy atom. The van der Waals surface area contributed by atoms with E-state index in [1.807, 2.05) is 79.0 Å². The summed E-state index contributed by atoms with van der Waals surface area (Å²) in [5.74, 6) is 3.06. The molecule has 4 aromatic heterocycles. The Labute approximate surface area is 307 Å². The normalized spacial score (nSPS) is 12.2. The third-order valence-electron chi connectivity index (χ3n) is 8.87. The number of aromatic nitrogens is 6. The highest BCUT2D eigenvalue weighted by atomic mass is 35.5. The van der Waals surface area contributed by atoms with Gasteiger partial charge in [-0.1, -0.05) is 97.1 Å². The average molecular weight is 699 g/mol. The average Bonchev–Trinajstić information content (AvgIpc) is 4.06. The second kappa shape index (κ2) is 15.3. The van der Waals surface area contributed by atoms with Gasteiger partial charge in [0.15, 0.2) is 0 Å². The van der Waals surface area contributed by atoms with Crippen molar-refractivity contribution in [3.8, 4) is 22.3 Å². The first-order valence-electron chi connectivity index (χ1n) is 17.3. The maximum Gasteiger partial charge on any atom is 0.224 e. The van der Waals surface area contributed by atoms with Crippen LogP contribution in [0.1, 0.15) is 36.0 Å². The van der Waals surface area contributed by atoms with Crippen LogP contribution in [0.2, 0.25) is 5.28 Å². The summed E-state index contributed by atoms with van der Waals surface area (Å²) < 4.78 is 0. The van der Waals surface area contributed by atoms with Gasteiger partial charge in [0.25, 0.3) is 0 Å². The van der Waals surface area contributed by atoms with E-state index in [4.69, 9.17) is 21.6 Å². The lowest BCUT2D eigenvalue weighted by Gasteiger charge is -2.14. The molecule has 4 aromatic carbocycles. The minimum atomic E-state index is 0.223. The molecule has 8 aromatic rings. The number of anilines is 2. The molecule has 0 bridgehead atoms. The minimum Gasteiger partial charge on any atom is -0.364 e. The number of halogens is 1. The second-order valence-electron chi connectivity index (χ2n) is 12.5. The van der Waals surface area contributed by atoms with Crippen LogP contribution >= 0.6 is 11.6 Å². The van der Waals surface area contributed by atoms with Crippen LogP contribution in [-0.2, 0) is 13.1 Å². The first-order chi connectivity index (χ1) is 25.7. The lowest BCUT2D eigenvalue weighted by molar-refractivity contribution is 0.936. The zero-order valence-electron chi connectivity index (χ0n) is 28.3. The van der Waals surface area contributed by atoms with Crippen LogP contribution in [0.4, 0.5) is 11.6 Å². The summed E-state index contributed by atoms with van der Waals surface area (Å²) in [4.78, 5) is 27.3. The molecular weight excluding hydrogens is 664 g/mol. The van der Waals surface area contributed by atoms with Gasteiger partial charge in [-0.3, -0.25) is 9.97 Å². The largest absolute Gasteiger partial charge is 0.364 e. The number of fused-ring (bicyclic) bond motifs is 2. The van der Waals surface area contributed by atoms with Crippen molar-refractivity contribution in [1.82, 2.24) is 29.9 Å². The Morgan fingerprint density at radius 1 is 0.500 bits per heavy atom. The van der Waals surface area contributed by atoms with Gasteiger partial charge in [0.1, 0.15) is 17.5 Å². The molecule has 0 unspecified atom stereocenters. The van der Waals surface area contributed by atoms with Gasteiger partial charge >= 0.3 is 0 Å². The van der Waals surface area contributed by atoms with Crippen molar-refractivity contribution in [1.29, 1.82) is 0 Å². The molecule has 2 N–H and O–H groups in total. The number of benzene rings is 4. The lowest BCUT2D eigenvalue weighted by Crippen LogP contribution is -2.07. The monoisotopic (exact) mass is 698 g/mol. The Bertz CT molecular complexity index is 2420. The fourth-order valence-corrected chi connectivity index (χ4v) is 6.38. The van der Waals surface area contributed by atoms with Crippen LogP contribution in [0.3, 0.4) is 0 Å². The van der Waals surface area contributed by atoms with E-state index in [2.05, 4.69) is 91.2 Å². The maximum atomic E-state index is 6.13. The van der Waals surface area contributed by atoms with Crippen molar-refractivity contribution < 1.29 is 0 Å². The van der Waals surface area contributed by atoms with Crippen LogP contribution in [0.5, 0.6) is 0 Å². The smallest absolute Gasteiger partial charge is 0.224 e. The summed E-state index contributed by atoms with van der Waals surface area (Å²) in [5, 5.41) is 9.13. The van der Waals surface area contributed by atoms with Gasteiger partial charge in [0.2, 0.25) is 5.28 Å². The standard InChI is InChI=1S/C23H20N4.C20H15ClN4/c1-2-7-16(8-3-1)19-10-6-11-20-21(19)23(27-22(26-20)17-12-13-17)25-15-18-9-4-5-14-24-18;21-20-24-17-11-6-10-16(14-7-2-1-3-8-14)18(17)19(25-20)23-13-15-9-4-5-12-22-15/h1-11,14,17H,12-13,15H2,(H,25,26,27);1-12H,13H2,(H,23,24,25). The molecule has 1 fully saturated rings. The molecule has 254 valence electrons. The molecular formula is C43H35ClN8. The van der Waals surface area contributed by atoms with Crippen LogP contribution in [-0.4, -0.2) is 29.9 Å². The topological polar surface area (TPSA) is 101 Å². The molecule has 1 aliphatic carbocycles. The zero-order valence-corrected chi connectivity index (χ0v) is 29.1. The van der Waals surface area contributed by atoms with Crippen LogP contribution in [0.25, 0.3) is 44.1 Å². The fraction of sp³-hybridized carbons (Fsp3) is 0.116. The predicted molar refractivity (Wildman–Crippen MR) is 210 cm³/mol. The molecule has 1 aliphatic rings. The quantitative estimate of drug-likeness (QED) is 0.144. The number of nitrogens with one attached hydrogen (secondary N) is 2. The van der Waals surface area contributed by atoms with E-state index in [9.17, 15) is 0 Å². The highest BCUT2D eigenvalue weighted by Gasteiger charge is 2.28. The summed E-state index contributed by atoms with van der Waals surface area (Å²) in [5.41, 5.74) is 8.24. The van der Waals surface area contributed by atoms with Crippen LogP contribution < -0.4 is 10.6 Å². The summed E-state index contributed by atoms with van der Waals surface area (Å²) in [7, 11) is 0. The summed E-state index contributed by atoms with van der Waals surface area (Å²) in [6.07, 6.45) is 5.96. The van der Waals surface area contributed by atoms with Gasteiger partial charge in [0, 0.05) is 18.3 Å². The van der Waals surface area contributed by atoms with Crippen molar-refractivity contribution in [3.05, 3.63) is 168 Å². The van der Waals surface area contributed by atoms with Crippen LogP contribution in [0.15, 0.2) is 146 Å². The highest BCUT2D eigenvalue weighted by Crippen LogP contribution is 2.41. The van der Waals surface area contributed by atoms with Gasteiger partial charge in [-0.15, -0.1) is 0 Å². The number of pyridine rings is 2. The molecule has 8 nitrogen and oxygen atoms in total. The fourth-order valence-electron chi connectivity index (χ4n) is 6.21. The molecule has 0 atom stereocenters. The number of hydrogen-bond acceptors (Lipinski definition) is 8.